The van der Waals surface area contributed by atoms with Gasteiger partial charge in [-0.05, 0) is 50.4 Å². The average Bonchev–Trinajstić information content (AvgIpc) is 2.48. The normalized spacial score (nSPS) is 29.8. The Morgan fingerprint density at radius 1 is 1.38 bits per heavy atom. The molecular weight excluding hydrogens is 286 g/mol. The molecule has 0 amide bonds. The molecular formula is C17H24ClNO2. The Kier molecular flexibility index (Phi) is 4.43. The molecule has 0 radical (unpaired) electrons. The van der Waals surface area contributed by atoms with Crippen molar-refractivity contribution in [3.8, 4) is 5.75 Å². The third-order valence-corrected chi connectivity index (χ3v) is 5.14. The molecule has 2 heterocycles. The van der Waals surface area contributed by atoms with Crippen LogP contribution >= 0.6 is 11.6 Å². The highest BCUT2D eigenvalue weighted by atomic mass is 35.5. The van der Waals surface area contributed by atoms with E-state index in [0.717, 1.165) is 29.8 Å². The number of fused-ring (bicyclic) bond motifs is 1. The van der Waals surface area contributed by atoms with Gasteiger partial charge in [0, 0.05) is 16.6 Å². The zero-order valence-electron chi connectivity index (χ0n) is 12.8. The molecule has 0 aromatic heterocycles. The van der Waals surface area contributed by atoms with E-state index in [4.69, 9.17) is 16.3 Å². The summed E-state index contributed by atoms with van der Waals surface area (Å²) in [5, 5.41) is 11.5. The van der Waals surface area contributed by atoms with Crippen molar-refractivity contribution in [2.75, 3.05) is 13.2 Å². The van der Waals surface area contributed by atoms with Crippen LogP contribution in [0.2, 0.25) is 5.02 Å². The summed E-state index contributed by atoms with van der Waals surface area (Å²) in [6.45, 7) is 5.83. The Morgan fingerprint density at radius 2 is 2.19 bits per heavy atom. The predicted molar refractivity (Wildman–Crippen MR) is 85.1 cm³/mol. The largest absolute Gasteiger partial charge is 0.491 e. The Labute approximate surface area is 131 Å². The molecule has 1 fully saturated rings. The molecule has 4 heteroatoms. The van der Waals surface area contributed by atoms with Crippen molar-refractivity contribution in [3.63, 3.8) is 0 Å². The third kappa shape index (κ3) is 2.79. The van der Waals surface area contributed by atoms with Gasteiger partial charge in [-0.2, -0.15) is 0 Å². The van der Waals surface area contributed by atoms with Gasteiger partial charge in [0.05, 0.1) is 6.04 Å². The molecule has 116 valence electrons. The topological polar surface area (TPSA) is 32.7 Å². The van der Waals surface area contributed by atoms with E-state index in [1.54, 1.807) is 0 Å². The summed E-state index contributed by atoms with van der Waals surface area (Å²) in [7, 11) is 0. The van der Waals surface area contributed by atoms with Crippen molar-refractivity contribution >= 4 is 11.6 Å². The lowest BCUT2D eigenvalue weighted by molar-refractivity contribution is -0.0295. The molecule has 2 aliphatic heterocycles. The summed E-state index contributed by atoms with van der Waals surface area (Å²) in [6, 6.07) is 4.35. The number of rotatable bonds is 2. The van der Waals surface area contributed by atoms with E-state index in [2.05, 4.69) is 11.8 Å². The summed E-state index contributed by atoms with van der Waals surface area (Å²) in [5.41, 5.74) is 1.84. The minimum atomic E-state index is -0.515. The van der Waals surface area contributed by atoms with Gasteiger partial charge in [0.15, 0.2) is 0 Å². The first kappa shape index (κ1) is 15.1. The lowest BCUT2D eigenvalue weighted by atomic mass is 9.91. The molecule has 0 aliphatic carbocycles. The van der Waals surface area contributed by atoms with Gasteiger partial charge in [0.25, 0.3) is 0 Å². The van der Waals surface area contributed by atoms with Crippen molar-refractivity contribution in [2.24, 2.45) is 0 Å². The minimum absolute atomic E-state index is 0.0422. The van der Waals surface area contributed by atoms with Gasteiger partial charge in [-0.25, -0.2) is 0 Å². The van der Waals surface area contributed by atoms with Crippen LogP contribution in [0, 0.1) is 6.92 Å². The first-order chi connectivity index (χ1) is 10.1. The maximum atomic E-state index is 10.9. The first-order valence-corrected chi connectivity index (χ1v) is 8.36. The van der Waals surface area contributed by atoms with E-state index in [0.29, 0.717) is 17.7 Å². The Morgan fingerprint density at radius 3 is 2.95 bits per heavy atom. The molecule has 1 N–H and O–H groups in total. The maximum Gasteiger partial charge on any atom is 0.128 e. The summed E-state index contributed by atoms with van der Waals surface area (Å²) in [4.78, 5) is 2.45. The number of hydrogen-bond donors (Lipinski definition) is 1. The predicted octanol–water partition coefficient (Wildman–Crippen LogP) is 3.71. The number of piperidine rings is 1. The summed E-state index contributed by atoms with van der Waals surface area (Å²) >= 11 is 6.16. The number of likely N-dealkylation sites (tertiary alicyclic amines) is 1. The molecule has 21 heavy (non-hydrogen) atoms. The standard InChI is InChI=1S/C17H24ClNO2/c1-3-13-6-4-5-7-19(13)15-10-21-17-11(2)8-12(18)9-14(17)16(15)20/h8-9,13,15-16,20H,3-7,10H2,1-2H3. The lowest BCUT2D eigenvalue weighted by Gasteiger charge is -2.44. The summed E-state index contributed by atoms with van der Waals surface area (Å²) < 4.78 is 5.98. The summed E-state index contributed by atoms with van der Waals surface area (Å²) in [6.07, 6.45) is 4.34. The molecule has 2 aliphatic rings. The van der Waals surface area contributed by atoms with Crippen LogP contribution in [0.4, 0.5) is 0 Å². The van der Waals surface area contributed by atoms with Crippen LogP contribution in [0.5, 0.6) is 5.75 Å². The Balaban J connectivity index is 1.89. The van der Waals surface area contributed by atoms with Crippen LogP contribution in [0.25, 0.3) is 0 Å². The molecule has 1 aromatic carbocycles. The van der Waals surface area contributed by atoms with Crippen LogP contribution < -0.4 is 4.74 Å². The number of aliphatic hydroxyl groups is 1. The second kappa shape index (κ2) is 6.15. The van der Waals surface area contributed by atoms with Crippen molar-refractivity contribution in [3.05, 3.63) is 28.3 Å². The van der Waals surface area contributed by atoms with Gasteiger partial charge in [0.1, 0.15) is 18.5 Å². The number of aliphatic hydroxyl groups excluding tert-OH is 1. The zero-order chi connectivity index (χ0) is 15.0. The quantitative estimate of drug-likeness (QED) is 0.904. The van der Waals surface area contributed by atoms with Crippen LogP contribution in [-0.4, -0.2) is 35.2 Å². The molecule has 1 aromatic rings. The third-order valence-electron chi connectivity index (χ3n) is 4.92. The fourth-order valence-corrected chi connectivity index (χ4v) is 4.10. The van der Waals surface area contributed by atoms with Crippen LogP contribution in [0.15, 0.2) is 12.1 Å². The second-order valence-corrected chi connectivity index (χ2v) is 6.70. The first-order valence-electron chi connectivity index (χ1n) is 7.98. The smallest absolute Gasteiger partial charge is 0.128 e. The molecule has 0 bridgehead atoms. The van der Waals surface area contributed by atoms with E-state index >= 15 is 0 Å². The van der Waals surface area contributed by atoms with Gasteiger partial charge in [-0.15, -0.1) is 0 Å². The SMILES string of the molecule is CCC1CCCCN1C1COc2c(C)cc(Cl)cc2C1O. The minimum Gasteiger partial charge on any atom is -0.491 e. The maximum absolute atomic E-state index is 10.9. The van der Waals surface area contributed by atoms with Crippen LogP contribution in [0.3, 0.4) is 0 Å². The fourth-order valence-electron chi connectivity index (χ4n) is 3.81. The highest BCUT2D eigenvalue weighted by molar-refractivity contribution is 6.30. The fraction of sp³-hybridized carbons (Fsp3) is 0.647. The number of halogens is 1. The summed E-state index contributed by atoms with van der Waals surface area (Å²) in [5.74, 6) is 0.813. The van der Waals surface area contributed by atoms with Gasteiger partial charge in [0.2, 0.25) is 0 Å². The van der Waals surface area contributed by atoms with Gasteiger partial charge in [-0.1, -0.05) is 24.9 Å². The Hall–Kier alpha value is -0.770. The number of hydrogen-bond acceptors (Lipinski definition) is 3. The van der Waals surface area contributed by atoms with Gasteiger partial charge >= 0.3 is 0 Å². The molecule has 3 nitrogen and oxygen atoms in total. The van der Waals surface area contributed by atoms with Crippen molar-refractivity contribution in [2.45, 2.75) is 57.7 Å². The molecule has 3 unspecified atom stereocenters. The molecule has 3 rings (SSSR count). The van der Waals surface area contributed by atoms with Gasteiger partial charge in [-0.3, -0.25) is 4.90 Å². The van der Waals surface area contributed by atoms with E-state index in [1.807, 2.05) is 19.1 Å². The van der Waals surface area contributed by atoms with Gasteiger partial charge < -0.3 is 9.84 Å². The van der Waals surface area contributed by atoms with E-state index in [-0.39, 0.29) is 6.04 Å². The van der Waals surface area contributed by atoms with E-state index < -0.39 is 6.10 Å². The number of ether oxygens (including phenoxy) is 1. The highest BCUT2D eigenvalue weighted by Crippen LogP contribution is 2.40. The second-order valence-electron chi connectivity index (χ2n) is 6.26. The lowest BCUT2D eigenvalue weighted by Crippen LogP contribution is -2.52. The average molecular weight is 310 g/mol. The van der Waals surface area contributed by atoms with Crippen molar-refractivity contribution < 1.29 is 9.84 Å². The molecule has 0 saturated carbocycles. The molecule has 0 spiro atoms. The number of benzene rings is 1. The zero-order valence-corrected chi connectivity index (χ0v) is 13.6. The van der Waals surface area contributed by atoms with E-state index in [9.17, 15) is 5.11 Å². The van der Waals surface area contributed by atoms with Crippen molar-refractivity contribution in [1.82, 2.24) is 4.90 Å². The number of nitrogens with zero attached hydrogens (tertiary/aromatic N) is 1. The number of aryl methyl sites for hydroxylation is 1. The monoisotopic (exact) mass is 309 g/mol. The van der Waals surface area contributed by atoms with Crippen LogP contribution in [0.1, 0.15) is 49.8 Å². The van der Waals surface area contributed by atoms with Crippen molar-refractivity contribution in [1.29, 1.82) is 0 Å². The Bertz CT molecular complexity index is 520. The highest BCUT2D eigenvalue weighted by Gasteiger charge is 2.38. The molecule has 1 saturated heterocycles. The van der Waals surface area contributed by atoms with E-state index in [1.165, 1.54) is 19.3 Å². The van der Waals surface area contributed by atoms with Crippen LogP contribution in [-0.2, 0) is 0 Å². The molecule has 3 atom stereocenters.